The lowest BCUT2D eigenvalue weighted by Gasteiger charge is -2.08. The number of fused-ring (bicyclic) bond motifs is 1. The molecule has 22 heavy (non-hydrogen) atoms. The highest BCUT2D eigenvalue weighted by Gasteiger charge is 2.30. The predicted molar refractivity (Wildman–Crippen MR) is 74.6 cm³/mol. The summed E-state index contributed by atoms with van der Waals surface area (Å²) in [6.45, 7) is 0. The average molecular weight is 305 g/mol. The van der Waals surface area contributed by atoms with Crippen molar-refractivity contribution in [2.24, 2.45) is 0 Å². The number of benzene rings is 1. The number of nitrogens with one attached hydrogen (secondary N) is 1. The lowest BCUT2D eigenvalue weighted by atomic mass is 10.1. The molecule has 3 rings (SSSR count). The molecule has 1 aromatic carbocycles. The Morgan fingerprint density at radius 1 is 1.09 bits per heavy atom. The van der Waals surface area contributed by atoms with Gasteiger partial charge in [0.15, 0.2) is 0 Å². The standard InChI is InChI=1S/C15H10F3N3O/c16-15(17,18)11-3-1-10(2-4-11)14(22)20-12-5-6-13-19-7-8-21(13)9-12/h1-9H,(H,20,22). The Balaban J connectivity index is 1.78. The third-order valence-electron chi connectivity index (χ3n) is 3.12. The fourth-order valence-corrected chi connectivity index (χ4v) is 2.01. The van der Waals surface area contributed by atoms with Gasteiger partial charge in [0.05, 0.1) is 11.3 Å². The maximum absolute atomic E-state index is 12.5. The molecule has 0 radical (unpaired) electrons. The van der Waals surface area contributed by atoms with Gasteiger partial charge in [0.25, 0.3) is 5.91 Å². The summed E-state index contributed by atoms with van der Waals surface area (Å²) in [6.07, 6.45) is 0.603. The van der Waals surface area contributed by atoms with Crippen molar-refractivity contribution in [2.75, 3.05) is 5.32 Å². The maximum atomic E-state index is 12.5. The van der Waals surface area contributed by atoms with E-state index >= 15 is 0 Å². The van der Waals surface area contributed by atoms with Crippen molar-refractivity contribution in [1.82, 2.24) is 9.38 Å². The van der Waals surface area contributed by atoms with Gasteiger partial charge in [0.2, 0.25) is 0 Å². The van der Waals surface area contributed by atoms with Gasteiger partial charge in [-0.2, -0.15) is 13.2 Å². The minimum Gasteiger partial charge on any atom is -0.321 e. The number of nitrogens with zero attached hydrogens (tertiary/aromatic N) is 2. The van der Waals surface area contributed by atoms with E-state index in [9.17, 15) is 18.0 Å². The summed E-state index contributed by atoms with van der Waals surface area (Å²) < 4.78 is 39.2. The first-order chi connectivity index (χ1) is 10.4. The first-order valence-electron chi connectivity index (χ1n) is 6.35. The van der Waals surface area contributed by atoms with Crippen LogP contribution in [0, 0.1) is 0 Å². The summed E-state index contributed by atoms with van der Waals surface area (Å²) in [4.78, 5) is 16.1. The summed E-state index contributed by atoms with van der Waals surface area (Å²) in [5, 5.41) is 2.63. The van der Waals surface area contributed by atoms with Gasteiger partial charge in [0, 0.05) is 24.2 Å². The zero-order valence-electron chi connectivity index (χ0n) is 11.1. The normalized spacial score (nSPS) is 11.6. The molecule has 0 saturated heterocycles. The number of hydrogen-bond donors (Lipinski definition) is 1. The number of alkyl halides is 3. The first kappa shape index (κ1) is 14.1. The van der Waals surface area contributed by atoms with Crippen molar-refractivity contribution in [3.63, 3.8) is 0 Å². The van der Waals surface area contributed by atoms with Gasteiger partial charge in [-0.1, -0.05) is 0 Å². The van der Waals surface area contributed by atoms with Gasteiger partial charge in [-0.25, -0.2) is 4.98 Å². The van der Waals surface area contributed by atoms with Crippen LogP contribution in [0.3, 0.4) is 0 Å². The zero-order valence-corrected chi connectivity index (χ0v) is 11.1. The number of imidazole rings is 1. The number of aromatic nitrogens is 2. The largest absolute Gasteiger partial charge is 0.416 e. The van der Waals surface area contributed by atoms with Crippen molar-refractivity contribution in [1.29, 1.82) is 0 Å². The van der Waals surface area contributed by atoms with E-state index in [0.717, 1.165) is 29.9 Å². The molecule has 2 heterocycles. The average Bonchev–Trinajstić information content (AvgIpc) is 2.94. The Bertz CT molecular complexity index is 822. The second-order valence-corrected chi connectivity index (χ2v) is 4.64. The molecule has 0 fully saturated rings. The molecule has 0 unspecified atom stereocenters. The van der Waals surface area contributed by atoms with Gasteiger partial charge in [-0.15, -0.1) is 0 Å². The second-order valence-electron chi connectivity index (χ2n) is 4.64. The van der Waals surface area contributed by atoms with Gasteiger partial charge < -0.3 is 9.72 Å². The molecule has 112 valence electrons. The van der Waals surface area contributed by atoms with Crippen molar-refractivity contribution in [2.45, 2.75) is 6.18 Å². The molecule has 1 N–H and O–H groups in total. The molecular formula is C15H10F3N3O. The SMILES string of the molecule is O=C(Nc1ccc2nccn2c1)c1ccc(C(F)(F)F)cc1. The third kappa shape index (κ3) is 2.78. The molecule has 0 aliphatic carbocycles. The van der Waals surface area contributed by atoms with E-state index in [2.05, 4.69) is 10.3 Å². The number of carbonyl (C=O) groups is 1. The molecule has 0 atom stereocenters. The molecule has 0 bridgehead atoms. The van der Waals surface area contributed by atoms with Crippen LogP contribution < -0.4 is 5.32 Å². The lowest BCUT2D eigenvalue weighted by molar-refractivity contribution is -0.137. The smallest absolute Gasteiger partial charge is 0.321 e. The van der Waals surface area contributed by atoms with Crippen LogP contribution in [0.25, 0.3) is 5.65 Å². The van der Waals surface area contributed by atoms with Gasteiger partial charge >= 0.3 is 6.18 Å². The monoisotopic (exact) mass is 305 g/mol. The van der Waals surface area contributed by atoms with Crippen LogP contribution in [0.2, 0.25) is 0 Å². The summed E-state index contributed by atoms with van der Waals surface area (Å²) in [7, 11) is 0. The quantitative estimate of drug-likeness (QED) is 0.786. The second kappa shape index (κ2) is 5.18. The summed E-state index contributed by atoms with van der Waals surface area (Å²) >= 11 is 0. The third-order valence-corrected chi connectivity index (χ3v) is 3.12. The molecule has 0 aliphatic rings. The van der Waals surface area contributed by atoms with Crippen molar-refractivity contribution in [3.05, 3.63) is 66.1 Å². The van der Waals surface area contributed by atoms with Gasteiger partial charge in [-0.05, 0) is 36.4 Å². The topological polar surface area (TPSA) is 46.4 Å². The minimum absolute atomic E-state index is 0.152. The molecule has 0 saturated carbocycles. The number of anilines is 1. The molecular weight excluding hydrogens is 295 g/mol. The van der Waals surface area contributed by atoms with E-state index in [1.165, 1.54) is 0 Å². The van der Waals surface area contributed by atoms with E-state index in [0.29, 0.717) is 5.69 Å². The van der Waals surface area contributed by atoms with Crippen LogP contribution in [0.5, 0.6) is 0 Å². The highest BCUT2D eigenvalue weighted by Crippen LogP contribution is 2.29. The van der Waals surface area contributed by atoms with Crippen LogP contribution in [0.1, 0.15) is 15.9 Å². The number of amides is 1. The Morgan fingerprint density at radius 3 is 2.50 bits per heavy atom. The summed E-state index contributed by atoms with van der Waals surface area (Å²) in [6, 6.07) is 7.45. The Morgan fingerprint density at radius 2 is 1.82 bits per heavy atom. The van der Waals surface area contributed by atoms with E-state index in [-0.39, 0.29) is 5.56 Å². The number of carbonyl (C=O) groups excluding carboxylic acids is 1. The molecule has 0 aliphatic heterocycles. The zero-order chi connectivity index (χ0) is 15.7. The van der Waals surface area contributed by atoms with E-state index in [1.807, 2.05) is 0 Å². The van der Waals surface area contributed by atoms with Crippen LogP contribution in [-0.2, 0) is 6.18 Å². The Labute approximate surface area is 123 Å². The fraction of sp³-hybridized carbons (Fsp3) is 0.0667. The van der Waals surface area contributed by atoms with Crippen molar-refractivity contribution >= 4 is 17.2 Å². The Hall–Kier alpha value is -2.83. The van der Waals surface area contributed by atoms with Crippen LogP contribution in [0.15, 0.2) is 55.0 Å². The van der Waals surface area contributed by atoms with E-state index in [4.69, 9.17) is 0 Å². The predicted octanol–water partition coefficient (Wildman–Crippen LogP) is 3.61. The number of rotatable bonds is 2. The van der Waals surface area contributed by atoms with E-state index in [1.54, 1.807) is 35.1 Å². The summed E-state index contributed by atoms with van der Waals surface area (Å²) in [5.41, 5.74) is 0.616. The number of halogens is 3. The van der Waals surface area contributed by atoms with Gasteiger partial charge in [-0.3, -0.25) is 4.79 Å². The fourth-order valence-electron chi connectivity index (χ4n) is 2.01. The lowest BCUT2D eigenvalue weighted by Crippen LogP contribution is -2.13. The Kier molecular flexibility index (Phi) is 3.32. The molecule has 3 aromatic rings. The molecule has 2 aromatic heterocycles. The number of hydrogen-bond acceptors (Lipinski definition) is 2. The van der Waals surface area contributed by atoms with Crippen LogP contribution in [-0.4, -0.2) is 15.3 Å². The molecule has 4 nitrogen and oxygen atoms in total. The van der Waals surface area contributed by atoms with E-state index < -0.39 is 17.6 Å². The maximum Gasteiger partial charge on any atom is 0.416 e. The van der Waals surface area contributed by atoms with Crippen molar-refractivity contribution in [3.8, 4) is 0 Å². The molecule has 1 amide bonds. The summed E-state index contributed by atoms with van der Waals surface area (Å²) in [5.74, 6) is -0.479. The highest BCUT2D eigenvalue weighted by molar-refractivity contribution is 6.04. The van der Waals surface area contributed by atoms with Crippen LogP contribution in [0.4, 0.5) is 18.9 Å². The highest BCUT2D eigenvalue weighted by atomic mass is 19.4. The van der Waals surface area contributed by atoms with Gasteiger partial charge in [0.1, 0.15) is 5.65 Å². The number of pyridine rings is 1. The minimum atomic E-state index is -4.42. The van der Waals surface area contributed by atoms with Crippen LogP contribution >= 0.6 is 0 Å². The van der Waals surface area contributed by atoms with Crippen molar-refractivity contribution < 1.29 is 18.0 Å². The first-order valence-corrected chi connectivity index (χ1v) is 6.35. The molecule has 7 heteroatoms. The molecule has 0 spiro atoms.